The third-order valence-corrected chi connectivity index (χ3v) is 5.17. The molecule has 98 valence electrons. The lowest BCUT2D eigenvalue weighted by molar-refractivity contribution is 0.0557. The van der Waals surface area contributed by atoms with Crippen LogP contribution in [-0.2, 0) is 5.60 Å². The summed E-state index contributed by atoms with van der Waals surface area (Å²) in [7, 11) is 0. The molecule has 1 aliphatic rings. The summed E-state index contributed by atoms with van der Waals surface area (Å²) >= 11 is 13.3. The molecule has 0 fully saturated rings. The predicted molar refractivity (Wildman–Crippen MR) is 77.3 cm³/mol. The first kappa shape index (κ1) is 13.1. The van der Waals surface area contributed by atoms with Gasteiger partial charge in [-0.25, -0.2) is 0 Å². The van der Waals surface area contributed by atoms with Crippen molar-refractivity contribution in [1.29, 1.82) is 0 Å². The molecule has 2 aromatic rings. The van der Waals surface area contributed by atoms with Crippen molar-refractivity contribution in [3.63, 3.8) is 0 Å². The largest absolute Gasteiger partial charge is 0.380 e. The summed E-state index contributed by atoms with van der Waals surface area (Å²) in [5.41, 5.74) is 0.193. The number of hydrogen-bond acceptors (Lipinski definition) is 3. The van der Waals surface area contributed by atoms with Crippen LogP contribution in [0.3, 0.4) is 0 Å². The van der Waals surface area contributed by atoms with Crippen molar-refractivity contribution in [3.8, 4) is 0 Å². The number of ketones is 1. The summed E-state index contributed by atoms with van der Waals surface area (Å²) in [6.45, 7) is 0. The van der Waals surface area contributed by atoms with Gasteiger partial charge in [0, 0.05) is 12.0 Å². The second-order valence-corrected chi connectivity index (χ2v) is 6.31. The molecule has 0 saturated heterocycles. The molecule has 1 aromatic carbocycles. The molecule has 2 nitrogen and oxygen atoms in total. The van der Waals surface area contributed by atoms with Crippen LogP contribution in [0.4, 0.5) is 0 Å². The van der Waals surface area contributed by atoms with E-state index in [0.29, 0.717) is 38.9 Å². The van der Waals surface area contributed by atoms with Crippen LogP contribution in [0.15, 0.2) is 29.6 Å². The predicted octanol–water partition coefficient (Wildman–Crippen LogP) is 4.27. The van der Waals surface area contributed by atoms with Crippen LogP contribution in [0, 0.1) is 0 Å². The summed E-state index contributed by atoms with van der Waals surface area (Å²) in [5.74, 6) is 0.0923. The molecule has 0 saturated carbocycles. The van der Waals surface area contributed by atoms with E-state index in [2.05, 4.69) is 0 Å². The molecule has 1 aromatic heterocycles. The van der Waals surface area contributed by atoms with E-state index in [1.807, 2.05) is 5.38 Å². The topological polar surface area (TPSA) is 37.3 Å². The Hall–Kier alpha value is -0.870. The zero-order chi connectivity index (χ0) is 13.6. The Morgan fingerprint density at radius 3 is 2.74 bits per heavy atom. The van der Waals surface area contributed by atoms with E-state index in [9.17, 15) is 9.90 Å². The normalized spacial score (nSPS) is 22.4. The van der Waals surface area contributed by atoms with Gasteiger partial charge in [-0.05, 0) is 35.6 Å². The second-order valence-electron chi connectivity index (χ2n) is 4.58. The van der Waals surface area contributed by atoms with Crippen molar-refractivity contribution in [1.82, 2.24) is 0 Å². The third-order valence-electron chi connectivity index (χ3n) is 3.48. The summed E-state index contributed by atoms with van der Waals surface area (Å²) in [5, 5.41) is 13.7. The molecule has 0 radical (unpaired) electrons. The Kier molecular flexibility index (Phi) is 3.18. The smallest absolute Gasteiger partial charge is 0.173 e. The van der Waals surface area contributed by atoms with E-state index in [-0.39, 0.29) is 5.78 Å². The number of halogens is 2. The minimum Gasteiger partial charge on any atom is -0.380 e. The highest BCUT2D eigenvalue weighted by Crippen LogP contribution is 2.43. The van der Waals surface area contributed by atoms with E-state index in [4.69, 9.17) is 23.2 Å². The van der Waals surface area contributed by atoms with Crippen molar-refractivity contribution < 1.29 is 9.90 Å². The third kappa shape index (κ3) is 2.01. The highest BCUT2D eigenvalue weighted by molar-refractivity contribution is 7.12. The van der Waals surface area contributed by atoms with E-state index < -0.39 is 5.60 Å². The maximum Gasteiger partial charge on any atom is 0.173 e. The van der Waals surface area contributed by atoms with Crippen molar-refractivity contribution >= 4 is 40.3 Å². The van der Waals surface area contributed by atoms with Crippen molar-refractivity contribution in [3.05, 3.63) is 55.7 Å². The van der Waals surface area contributed by atoms with Crippen LogP contribution >= 0.6 is 34.5 Å². The van der Waals surface area contributed by atoms with Gasteiger partial charge in [0.1, 0.15) is 5.60 Å². The SMILES string of the molecule is O=C1CCC(O)(c2ccc(Cl)c(Cl)c2)c2ccsc21. The number of rotatable bonds is 1. The van der Waals surface area contributed by atoms with E-state index >= 15 is 0 Å². The van der Waals surface area contributed by atoms with Gasteiger partial charge in [0.05, 0.1) is 14.9 Å². The van der Waals surface area contributed by atoms with E-state index in [1.165, 1.54) is 11.3 Å². The molecule has 1 N–H and O–H groups in total. The molecule has 1 heterocycles. The fourth-order valence-electron chi connectivity index (χ4n) is 2.45. The lowest BCUT2D eigenvalue weighted by atomic mass is 9.78. The van der Waals surface area contributed by atoms with Crippen molar-refractivity contribution in [2.45, 2.75) is 18.4 Å². The molecular formula is C14H10Cl2O2S. The lowest BCUT2D eigenvalue weighted by Gasteiger charge is -2.32. The monoisotopic (exact) mass is 312 g/mol. The maximum atomic E-state index is 11.8. The first-order valence-corrected chi connectivity index (χ1v) is 7.45. The van der Waals surface area contributed by atoms with Crippen LogP contribution in [-0.4, -0.2) is 10.9 Å². The Balaban J connectivity index is 2.17. The zero-order valence-electron chi connectivity index (χ0n) is 9.82. The lowest BCUT2D eigenvalue weighted by Crippen LogP contribution is -2.33. The standard InChI is InChI=1S/C14H10Cl2O2S/c15-10-2-1-8(7-11(10)16)14(18)5-3-12(17)13-9(14)4-6-19-13/h1-2,4,6-7,18H,3,5H2. The van der Waals surface area contributed by atoms with Gasteiger partial charge in [-0.1, -0.05) is 29.3 Å². The molecule has 1 atom stereocenters. The Bertz CT molecular complexity index is 665. The van der Waals surface area contributed by atoms with Gasteiger partial charge in [-0.15, -0.1) is 11.3 Å². The van der Waals surface area contributed by atoms with E-state index in [0.717, 1.165) is 0 Å². The molecule has 0 bridgehead atoms. The summed E-state index contributed by atoms with van der Waals surface area (Å²) in [6, 6.07) is 6.89. The number of fused-ring (bicyclic) bond motifs is 1. The molecule has 3 rings (SSSR count). The number of aliphatic hydroxyl groups is 1. The minimum atomic E-state index is -1.16. The average molecular weight is 313 g/mol. The molecule has 19 heavy (non-hydrogen) atoms. The maximum absolute atomic E-state index is 11.8. The van der Waals surface area contributed by atoms with Gasteiger partial charge in [0.15, 0.2) is 5.78 Å². The van der Waals surface area contributed by atoms with Crippen LogP contribution in [0.25, 0.3) is 0 Å². The first-order valence-electron chi connectivity index (χ1n) is 5.81. The van der Waals surface area contributed by atoms with Gasteiger partial charge >= 0.3 is 0 Å². The molecule has 1 aliphatic carbocycles. The summed E-state index contributed by atoms with van der Waals surface area (Å²) in [4.78, 5) is 12.5. The molecule has 1 unspecified atom stereocenters. The summed E-state index contributed by atoms with van der Waals surface area (Å²) in [6.07, 6.45) is 0.706. The zero-order valence-corrected chi connectivity index (χ0v) is 12.1. The molecule has 0 aliphatic heterocycles. The molecule has 0 spiro atoms. The minimum absolute atomic E-state index is 0.0923. The van der Waals surface area contributed by atoms with Crippen molar-refractivity contribution in [2.24, 2.45) is 0 Å². The van der Waals surface area contributed by atoms with Gasteiger partial charge in [-0.3, -0.25) is 4.79 Å². The fraction of sp³-hybridized carbons (Fsp3) is 0.214. The number of Topliss-reactive ketones (excluding diaryl/α,β-unsaturated/α-hetero) is 1. The number of hydrogen-bond donors (Lipinski definition) is 1. The number of thiophene rings is 1. The molecular weight excluding hydrogens is 303 g/mol. The number of carbonyl (C=O) groups is 1. The molecule has 5 heteroatoms. The van der Waals surface area contributed by atoms with Gasteiger partial charge in [-0.2, -0.15) is 0 Å². The summed E-state index contributed by atoms with van der Waals surface area (Å²) < 4.78 is 0. The van der Waals surface area contributed by atoms with Crippen LogP contribution < -0.4 is 0 Å². The first-order chi connectivity index (χ1) is 9.02. The quantitative estimate of drug-likeness (QED) is 0.854. The van der Waals surface area contributed by atoms with Crippen LogP contribution in [0.1, 0.15) is 33.6 Å². The van der Waals surface area contributed by atoms with Gasteiger partial charge in [0.25, 0.3) is 0 Å². The Morgan fingerprint density at radius 1 is 1.21 bits per heavy atom. The molecule has 0 amide bonds. The number of carbonyl (C=O) groups excluding carboxylic acids is 1. The highest BCUT2D eigenvalue weighted by Gasteiger charge is 2.40. The van der Waals surface area contributed by atoms with E-state index in [1.54, 1.807) is 24.3 Å². The fourth-order valence-corrected chi connectivity index (χ4v) is 3.68. The van der Waals surface area contributed by atoms with Crippen molar-refractivity contribution in [2.75, 3.05) is 0 Å². The number of benzene rings is 1. The highest BCUT2D eigenvalue weighted by atomic mass is 35.5. The van der Waals surface area contributed by atoms with Gasteiger partial charge < -0.3 is 5.11 Å². The van der Waals surface area contributed by atoms with Crippen LogP contribution in [0.2, 0.25) is 10.0 Å². The Labute approximate surface area is 124 Å². The Morgan fingerprint density at radius 2 is 2.00 bits per heavy atom. The van der Waals surface area contributed by atoms with Crippen LogP contribution in [0.5, 0.6) is 0 Å². The van der Waals surface area contributed by atoms with Gasteiger partial charge in [0.2, 0.25) is 0 Å². The second kappa shape index (κ2) is 4.60. The average Bonchev–Trinajstić information content (AvgIpc) is 2.88.